The number of hydrogen-bond donors (Lipinski definition) is 0. The molecule has 107 valence electrons. The molecule has 0 aliphatic carbocycles. The minimum Gasteiger partial charge on any atom is -0.442 e. The molecule has 0 saturated heterocycles. The molecule has 3 aromatic rings. The first-order valence-corrected chi connectivity index (χ1v) is 6.60. The molecule has 0 aliphatic rings. The van der Waals surface area contributed by atoms with Crippen molar-refractivity contribution in [2.24, 2.45) is 5.10 Å². The maximum atomic E-state index is 4.36. The summed E-state index contributed by atoms with van der Waals surface area (Å²) in [6.45, 7) is 0. The van der Waals surface area contributed by atoms with Crippen LogP contribution in [0.2, 0.25) is 0 Å². The van der Waals surface area contributed by atoms with Gasteiger partial charge >= 0.3 is 17.1 Å². The molecular weight excluding hydrogens is 315 g/mol. The van der Waals surface area contributed by atoms with Gasteiger partial charge in [-0.3, -0.25) is 10.1 Å². The van der Waals surface area contributed by atoms with Crippen LogP contribution >= 0.6 is 0 Å². The first-order chi connectivity index (χ1) is 10.4. The number of rotatable bonds is 4. The van der Waals surface area contributed by atoms with Crippen LogP contribution in [0.5, 0.6) is 0 Å². The van der Waals surface area contributed by atoms with Gasteiger partial charge in [-0.15, -0.1) is 0 Å². The van der Waals surface area contributed by atoms with Gasteiger partial charge in [-0.1, -0.05) is 60.8 Å². The van der Waals surface area contributed by atoms with Crippen molar-refractivity contribution in [2.45, 2.75) is 0 Å². The van der Waals surface area contributed by atoms with Gasteiger partial charge in [0.05, 0.1) is 11.4 Å². The summed E-state index contributed by atoms with van der Waals surface area (Å²) in [5.74, 6) is 0.571. The van der Waals surface area contributed by atoms with Gasteiger partial charge in [0.1, 0.15) is 0 Å². The van der Waals surface area contributed by atoms with E-state index in [0.29, 0.717) is 5.82 Å². The van der Waals surface area contributed by atoms with Gasteiger partial charge in [-0.25, -0.2) is 0 Å². The van der Waals surface area contributed by atoms with Crippen LogP contribution in [0.25, 0.3) is 5.43 Å². The molecule has 1 radical (unpaired) electrons. The van der Waals surface area contributed by atoms with Crippen molar-refractivity contribution >= 4 is 11.5 Å². The summed E-state index contributed by atoms with van der Waals surface area (Å²) in [6, 6.07) is 21.1. The Hall–Kier alpha value is -2.49. The molecule has 5 heteroatoms. The Morgan fingerprint density at radius 3 is 2.09 bits per heavy atom. The Labute approximate surface area is 139 Å². The number of benzene rings is 1. The Bertz CT molecular complexity index is 674. The predicted octanol–water partition coefficient (Wildman–Crippen LogP) is 3.93. The molecular formula is C17H13MnN4+. The molecule has 1 aromatic carbocycles. The van der Waals surface area contributed by atoms with E-state index in [0.717, 1.165) is 17.0 Å². The summed E-state index contributed by atoms with van der Waals surface area (Å²) in [5, 5.41) is 4.35. The van der Waals surface area contributed by atoms with Gasteiger partial charge in [-0.2, -0.15) is 0 Å². The van der Waals surface area contributed by atoms with Crippen molar-refractivity contribution in [3.05, 3.63) is 95.8 Å². The summed E-state index contributed by atoms with van der Waals surface area (Å²) >= 11 is 0. The number of pyridine rings is 2. The van der Waals surface area contributed by atoms with Gasteiger partial charge in [-0.05, 0) is 18.0 Å². The minimum atomic E-state index is 0. The molecule has 0 N–H and O–H groups in total. The van der Waals surface area contributed by atoms with Crippen LogP contribution in [0.3, 0.4) is 0 Å². The van der Waals surface area contributed by atoms with Crippen LogP contribution in [0.1, 0.15) is 11.3 Å². The minimum absolute atomic E-state index is 0. The molecule has 0 fully saturated rings. The molecule has 0 aliphatic heterocycles. The molecule has 0 unspecified atom stereocenters. The van der Waals surface area contributed by atoms with Gasteiger partial charge in [0.15, 0.2) is 0 Å². The van der Waals surface area contributed by atoms with Gasteiger partial charge in [0, 0.05) is 11.8 Å². The summed E-state index contributed by atoms with van der Waals surface area (Å²) < 4.78 is 0. The molecule has 0 saturated carbocycles. The number of hydrogen-bond acceptors (Lipinski definition) is 3. The van der Waals surface area contributed by atoms with Gasteiger partial charge in [0.2, 0.25) is 0 Å². The Morgan fingerprint density at radius 2 is 1.45 bits per heavy atom. The monoisotopic (exact) mass is 328 g/mol. The van der Waals surface area contributed by atoms with Gasteiger partial charge < -0.3 is 10.4 Å². The molecule has 4 nitrogen and oxygen atoms in total. The van der Waals surface area contributed by atoms with E-state index in [1.54, 1.807) is 12.4 Å². The Kier molecular flexibility index (Phi) is 5.83. The third-order valence-corrected chi connectivity index (χ3v) is 2.86. The van der Waals surface area contributed by atoms with E-state index in [1.807, 2.05) is 66.7 Å². The molecule has 2 aromatic heterocycles. The van der Waals surface area contributed by atoms with E-state index in [2.05, 4.69) is 20.5 Å². The van der Waals surface area contributed by atoms with Crippen LogP contribution in [-0.2, 0) is 17.1 Å². The van der Waals surface area contributed by atoms with Crippen LogP contribution in [0.15, 0.2) is 84.2 Å². The zero-order valence-corrected chi connectivity index (χ0v) is 12.9. The average molecular weight is 328 g/mol. The maximum Gasteiger partial charge on any atom is 2.00 e. The van der Waals surface area contributed by atoms with Crippen molar-refractivity contribution in [3.63, 3.8) is 0 Å². The SMILES string of the molecule is [Mn+2].c1ccc(C(=N[N-]c2ccccn2)c2ccccn2)cc1. The standard InChI is InChI=1S/C17H13N4.Mn/c1-2-8-14(9-3-1)17(15-10-4-6-12-18-15)21-20-16-11-5-7-13-19-16;/h1-13H;/q-1;+2. The van der Waals surface area contributed by atoms with Crippen molar-refractivity contribution in [1.29, 1.82) is 0 Å². The smallest absolute Gasteiger partial charge is 0.442 e. The summed E-state index contributed by atoms with van der Waals surface area (Å²) in [5.41, 5.74) is 6.67. The quantitative estimate of drug-likeness (QED) is 0.414. The largest absolute Gasteiger partial charge is 2.00 e. The fraction of sp³-hybridized carbons (Fsp3) is 0. The first kappa shape index (κ1) is 15.9. The Balaban J connectivity index is 0.00000176. The fourth-order valence-electron chi connectivity index (χ4n) is 1.87. The van der Waals surface area contributed by atoms with Crippen molar-refractivity contribution in [3.8, 4) is 0 Å². The predicted molar refractivity (Wildman–Crippen MR) is 83.6 cm³/mol. The maximum absolute atomic E-state index is 4.36. The van der Waals surface area contributed by atoms with E-state index in [9.17, 15) is 0 Å². The van der Waals surface area contributed by atoms with Gasteiger partial charge in [0.25, 0.3) is 0 Å². The average Bonchev–Trinajstić information content (AvgIpc) is 2.58. The zero-order chi connectivity index (χ0) is 14.3. The van der Waals surface area contributed by atoms with E-state index in [4.69, 9.17) is 0 Å². The second-order valence-electron chi connectivity index (χ2n) is 4.32. The fourth-order valence-corrected chi connectivity index (χ4v) is 1.87. The van der Waals surface area contributed by atoms with Crippen molar-refractivity contribution < 1.29 is 17.1 Å². The molecule has 0 amide bonds. The van der Waals surface area contributed by atoms with E-state index in [-0.39, 0.29) is 17.1 Å². The molecule has 22 heavy (non-hydrogen) atoms. The summed E-state index contributed by atoms with van der Waals surface area (Å²) in [6.07, 6.45) is 3.44. The van der Waals surface area contributed by atoms with Crippen molar-refractivity contribution in [1.82, 2.24) is 9.97 Å². The molecule has 2 heterocycles. The van der Waals surface area contributed by atoms with Crippen molar-refractivity contribution in [2.75, 3.05) is 0 Å². The molecule has 0 spiro atoms. The third-order valence-electron chi connectivity index (χ3n) is 2.86. The topological polar surface area (TPSA) is 52.2 Å². The van der Waals surface area contributed by atoms with Crippen LogP contribution in [0, 0.1) is 0 Å². The molecule has 3 rings (SSSR count). The molecule has 0 bridgehead atoms. The third kappa shape index (κ3) is 4.01. The van der Waals surface area contributed by atoms with E-state index >= 15 is 0 Å². The van der Waals surface area contributed by atoms with E-state index in [1.165, 1.54) is 0 Å². The second kappa shape index (κ2) is 8.07. The first-order valence-electron chi connectivity index (χ1n) is 6.60. The molecule has 0 atom stereocenters. The zero-order valence-electron chi connectivity index (χ0n) is 11.7. The second-order valence-corrected chi connectivity index (χ2v) is 4.32. The number of aromatic nitrogens is 2. The normalized spacial score (nSPS) is 10.6. The number of nitrogens with zero attached hydrogens (tertiary/aromatic N) is 4. The van der Waals surface area contributed by atoms with Crippen LogP contribution in [0.4, 0.5) is 5.82 Å². The summed E-state index contributed by atoms with van der Waals surface area (Å²) in [7, 11) is 0. The van der Waals surface area contributed by atoms with Crippen LogP contribution in [-0.4, -0.2) is 15.7 Å². The van der Waals surface area contributed by atoms with Crippen LogP contribution < -0.4 is 0 Å². The van der Waals surface area contributed by atoms with E-state index < -0.39 is 0 Å². The summed E-state index contributed by atoms with van der Waals surface area (Å²) in [4.78, 5) is 8.50. The Morgan fingerprint density at radius 1 is 0.773 bits per heavy atom.